The highest BCUT2D eigenvalue weighted by molar-refractivity contribution is 5.79. The van der Waals surface area contributed by atoms with Crippen LogP contribution in [-0.4, -0.2) is 56.9 Å². The smallest absolute Gasteiger partial charge is 0.225 e. The quantitative estimate of drug-likeness (QED) is 0.748. The van der Waals surface area contributed by atoms with Crippen LogP contribution in [0.25, 0.3) is 11.5 Å². The van der Waals surface area contributed by atoms with Crippen LogP contribution in [0, 0.1) is 5.92 Å². The van der Waals surface area contributed by atoms with Crippen molar-refractivity contribution in [3.05, 3.63) is 30.4 Å². The molecule has 1 saturated carbocycles. The number of amides is 1. The molecule has 2 fully saturated rings. The average Bonchev–Trinajstić information content (AvgIpc) is 2.74. The first-order valence-corrected chi connectivity index (χ1v) is 10.9. The maximum atomic E-state index is 12.6. The molecule has 154 valence electrons. The van der Waals surface area contributed by atoms with Crippen LogP contribution in [0.1, 0.15) is 57.6 Å². The summed E-state index contributed by atoms with van der Waals surface area (Å²) in [6, 6.07) is 2.13. The number of hydrogen-bond donors (Lipinski definition) is 0. The number of rotatable bonds is 6. The van der Waals surface area contributed by atoms with E-state index in [2.05, 4.69) is 39.7 Å². The van der Waals surface area contributed by atoms with Crippen molar-refractivity contribution in [3.8, 4) is 11.5 Å². The molecule has 1 aliphatic carbocycles. The van der Waals surface area contributed by atoms with E-state index in [4.69, 9.17) is 9.97 Å². The highest BCUT2D eigenvalue weighted by Crippen LogP contribution is 2.33. The Hall–Kier alpha value is -2.57. The fourth-order valence-corrected chi connectivity index (χ4v) is 4.21. The summed E-state index contributed by atoms with van der Waals surface area (Å²) >= 11 is 0. The largest absolute Gasteiger partial charge is 0.357 e. The SMILES string of the molecule is CCN(CC)c1cc(C2CCN(C(=O)C3CCC3)CC2)nc(-c2cnccn2)n1. The van der Waals surface area contributed by atoms with Crippen LogP contribution in [-0.2, 0) is 4.79 Å². The van der Waals surface area contributed by atoms with Crippen molar-refractivity contribution in [3.63, 3.8) is 0 Å². The van der Waals surface area contributed by atoms with Gasteiger partial charge in [-0.2, -0.15) is 0 Å². The molecule has 1 aliphatic heterocycles. The van der Waals surface area contributed by atoms with Crippen LogP contribution < -0.4 is 4.90 Å². The number of likely N-dealkylation sites (tertiary alicyclic amines) is 1. The number of piperidine rings is 1. The van der Waals surface area contributed by atoms with Gasteiger partial charge < -0.3 is 9.80 Å². The molecular weight excluding hydrogens is 364 g/mol. The minimum atomic E-state index is 0.281. The minimum Gasteiger partial charge on any atom is -0.357 e. The van der Waals surface area contributed by atoms with Crippen molar-refractivity contribution in [2.75, 3.05) is 31.1 Å². The molecule has 29 heavy (non-hydrogen) atoms. The van der Waals surface area contributed by atoms with Gasteiger partial charge in [-0.3, -0.25) is 9.78 Å². The predicted molar refractivity (Wildman–Crippen MR) is 113 cm³/mol. The Kier molecular flexibility index (Phi) is 6.02. The third kappa shape index (κ3) is 4.23. The zero-order chi connectivity index (χ0) is 20.2. The maximum Gasteiger partial charge on any atom is 0.225 e. The van der Waals surface area contributed by atoms with Crippen LogP contribution in [0.5, 0.6) is 0 Å². The number of carbonyl (C=O) groups is 1. The summed E-state index contributed by atoms with van der Waals surface area (Å²) in [4.78, 5) is 35.1. The van der Waals surface area contributed by atoms with Gasteiger partial charge in [0.2, 0.25) is 5.91 Å². The second-order valence-corrected chi connectivity index (χ2v) is 7.96. The summed E-state index contributed by atoms with van der Waals surface area (Å²) in [5.41, 5.74) is 1.75. The normalized spacial score (nSPS) is 17.8. The van der Waals surface area contributed by atoms with Crippen LogP contribution in [0.3, 0.4) is 0 Å². The van der Waals surface area contributed by atoms with Crippen molar-refractivity contribution in [2.45, 2.75) is 51.9 Å². The van der Waals surface area contributed by atoms with E-state index in [9.17, 15) is 4.79 Å². The van der Waals surface area contributed by atoms with Crippen molar-refractivity contribution < 1.29 is 4.79 Å². The van der Waals surface area contributed by atoms with E-state index in [0.29, 0.717) is 23.3 Å². The van der Waals surface area contributed by atoms with E-state index in [-0.39, 0.29) is 5.92 Å². The third-order valence-corrected chi connectivity index (χ3v) is 6.29. The van der Waals surface area contributed by atoms with Crippen LogP contribution in [0.4, 0.5) is 5.82 Å². The van der Waals surface area contributed by atoms with Gasteiger partial charge in [0.25, 0.3) is 0 Å². The molecule has 0 aromatic carbocycles. The molecule has 3 heterocycles. The molecule has 0 atom stereocenters. The zero-order valence-electron chi connectivity index (χ0n) is 17.4. The standard InChI is InChI=1S/C22H30N6O/c1-3-27(4-2)20-14-18(25-21(26-20)19-15-23-10-11-24-19)16-8-12-28(13-9-16)22(29)17-6-5-7-17/h10-11,14-17H,3-9,12-13H2,1-2H3. The third-order valence-electron chi connectivity index (χ3n) is 6.29. The molecule has 4 rings (SSSR count). The van der Waals surface area contributed by atoms with Crippen molar-refractivity contribution in [2.24, 2.45) is 5.92 Å². The molecule has 0 spiro atoms. The molecule has 7 nitrogen and oxygen atoms in total. The lowest BCUT2D eigenvalue weighted by Crippen LogP contribution is -2.43. The van der Waals surface area contributed by atoms with Crippen LogP contribution in [0.15, 0.2) is 24.7 Å². The summed E-state index contributed by atoms with van der Waals surface area (Å²) in [5, 5.41) is 0. The van der Waals surface area contributed by atoms with Gasteiger partial charge in [-0.25, -0.2) is 15.0 Å². The Labute approximate surface area is 172 Å². The van der Waals surface area contributed by atoms with Gasteiger partial charge in [0.05, 0.1) is 6.20 Å². The van der Waals surface area contributed by atoms with E-state index in [1.807, 2.05) is 0 Å². The van der Waals surface area contributed by atoms with Gasteiger partial charge in [-0.1, -0.05) is 6.42 Å². The van der Waals surface area contributed by atoms with Crippen molar-refractivity contribution in [1.29, 1.82) is 0 Å². The molecule has 2 aliphatic rings. The molecule has 2 aromatic heterocycles. The van der Waals surface area contributed by atoms with E-state index >= 15 is 0 Å². The van der Waals surface area contributed by atoms with E-state index in [0.717, 1.165) is 63.4 Å². The molecule has 7 heteroatoms. The van der Waals surface area contributed by atoms with Gasteiger partial charge in [0.1, 0.15) is 11.5 Å². The molecule has 0 bridgehead atoms. The second-order valence-electron chi connectivity index (χ2n) is 7.96. The van der Waals surface area contributed by atoms with Crippen LogP contribution in [0.2, 0.25) is 0 Å². The summed E-state index contributed by atoms with van der Waals surface area (Å²) in [6.45, 7) is 7.70. The molecular formula is C22H30N6O. The number of carbonyl (C=O) groups excluding carboxylic acids is 1. The topological polar surface area (TPSA) is 75.1 Å². The molecule has 0 radical (unpaired) electrons. The lowest BCUT2D eigenvalue weighted by atomic mass is 9.83. The van der Waals surface area contributed by atoms with Gasteiger partial charge in [0, 0.05) is 62.2 Å². The highest BCUT2D eigenvalue weighted by Gasteiger charge is 2.32. The number of aromatic nitrogens is 4. The fourth-order valence-electron chi connectivity index (χ4n) is 4.21. The molecule has 1 saturated heterocycles. The Morgan fingerprint density at radius 3 is 2.45 bits per heavy atom. The second kappa shape index (κ2) is 8.84. The Balaban J connectivity index is 1.56. The first kappa shape index (κ1) is 19.7. The molecule has 0 unspecified atom stereocenters. The van der Waals surface area contributed by atoms with E-state index in [1.165, 1.54) is 6.42 Å². The van der Waals surface area contributed by atoms with E-state index in [1.54, 1.807) is 18.6 Å². The molecule has 2 aromatic rings. The van der Waals surface area contributed by atoms with Crippen molar-refractivity contribution >= 4 is 11.7 Å². The van der Waals surface area contributed by atoms with Crippen molar-refractivity contribution in [1.82, 2.24) is 24.8 Å². The summed E-state index contributed by atoms with van der Waals surface area (Å²) in [7, 11) is 0. The van der Waals surface area contributed by atoms with Gasteiger partial charge in [-0.15, -0.1) is 0 Å². The highest BCUT2D eigenvalue weighted by atomic mass is 16.2. The lowest BCUT2D eigenvalue weighted by molar-refractivity contribution is -0.139. The maximum absolute atomic E-state index is 12.6. The number of anilines is 1. The van der Waals surface area contributed by atoms with Gasteiger partial charge in [0.15, 0.2) is 5.82 Å². The Morgan fingerprint density at radius 2 is 1.86 bits per heavy atom. The average molecular weight is 395 g/mol. The summed E-state index contributed by atoms with van der Waals surface area (Å²) < 4.78 is 0. The summed E-state index contributed by atoms with van der Waals surface area (Å²) in [5.74, 6) is 2.55. The number of hydrogen-bond acceptors (Lipinski definition) is 6. The minimum absolute atomic E-state index is 0.281. The number of nitrogens with zero attached hydrogens (tertiary/aromatic N) is 6. The van der Waals surface area contributed by atoms with Gasteiger partial charge >= 0.3 is 0 Å². The summed E-state index contributed by atoms with van der Waals surface area (Å²) in [6.07, 6.45) is 10.3. The lowest BCUT2D eigenvalue weighted by Gasteiger charge is -2.36. The first-order chi connectivity index (χ1) is 14.2. The fraction of sp³-hybridized carbons (Fsp3) is 0.591. The van der Waals surface area contributed by atoms with E-state index < -0.39 is 0 Å². The first-order valence-electron chi connectivity index (χ1n) is 10.9. The zero-order valence-corrected chi connectivity index (χ0v) is 17.4. The molecule has 1 amide bonds. The molecule has 0 N–H and O–H groups in total. The Bertz CT molecular complexity index is 826. The van der Waals surface area contributed by atoms with Crippen LogP contribution >= 0.6 is 0 Å². The Morgan fingerprint density at radius 1 is 1.10 bits per heavy atom. The van der Waals surface area contributed by atoms with Gasteiger partial charge in [-0.05, 0) is 39.5 Å². The predicted octanol–water partition coefficient (Wildman–Crippen LogP) is 3.29. The monoisotopic (exact) mass is 394 g/mol.